The molecule has 1 fully saturated rings. The summed E-state index contributed by atoms with van der Waals surface area (Å²) in [7, 11) is 1.65. The van der Waals surface area contributed by atoms with E-state index in [1.807, 2.05) is 12.1 Å². The van der Waals surface area contributed by atoms with Crippen LogP contribution in [0.15, 0.2) is 18.2 Å². The van der Waals surface area contributed by atoms with E-state index in [0.29, 0.717) is 17.6 Å². The molecule has 0 amide bonds. The van der Waals surface area contributed by atoms with Crippen LogP contribution < -0.4 is 10.1 Å². The fourth-order valence-electron chi connectivity index (χ4n) is 2.88. The maximum atomic E-state index is 8.96. The second-order valence-electron chi connectivity index (χ2n) is 5.93. The highest BCUT2D eigenvalue weighted by Crippen LogP contribution is 2.28. The molecule has 21 heavy (non-hydrogen) atoms. The third-order valence-corrected chi connectivity index (χ3v) is 4.18. The van der Waals surface area contributed by atoms with E-state index in [2.05, 4.69) is 30.1 Å². The lowest BCUT2D eigenvalue weighted by atomic mass is 10.1. The molecular formula is C17H25N3O. The van der Waals surface area contributed by atoms with Crippen LogP contribution in [-0.2, 0) is 0 Å². The van der Waals surface area contributed by atoms with Crippen LogP contribution in [0.25, 0.3) is 0 Å². The van der Waals surface area contributed by atoms with Crippen LogP contribution in [0.5, 0.6) is 5.75 Å². The van der Waals surface area contributed by atoms with Gasteiger partial charge in [0.2, 0.25) is 0 Å². The van der Waals surface area contributed by atoms with Crippen molar-refractivity contribution in [3.63, 3.8) is 0 Å². The Kier molecular flexibility index (Phi) is 5.46. The summed E-state index contributed by atoms with van der Waals surface area (Å²) < 4.78 is 5.40. The van der Waals surface area contributed by atoms with Gasteiger partial charge in [-0.05, 0) is 51.8 Å². The summed E-state index contributed by atoms with van der Waals surface area (Å²) in [6.45, 7) is 6.84. The van der Waals surface area contributed by atoms with Gasteiger partial charge in [0.15, 0.2) is 0 Å². The van der Waals surface area contributed by atoms with Crippen LogP contribution in [0, 0.1) is 11.3 Å². The third kappa shape index (κ3) is 4.12. The van der Waals surface area contributed by atoms with E-state index in [0.717, 1.165) is 24.4 Å². The number of rotatable bonds is 4. The first-order chi connectivity index (χ1) is 10.1. The molecule has 1 heterocycles. The molecule has 0 bridgehead atoms. The number of nitriles is 1. The zero-order valence-electron chi connectivity index (χ0n) is 13.2. The van der Waals surface area contributed by atoms with Crippen LogP contribution in [0.4, 0.5) is 5.69 Å². The summed E-state index contributed by atoms with van der Waals surface area (Å²) in [5.41, 5.74) is 1.61. The Bertz CT molecular complexity index is 507. The van der Waals surface area contributed by atoms with E-state index >= 15 is 0 Å². The molecule has 2 rings (SSSR count). The van der Waals surface area contributed by atoms with Crippen molar-refractivity contribution in [1.29, 1.82) is 5.26 Å². The van der Waals surface area contributed by atoms with Gasteiger partial charge in [-0.15, -0.1) is 0 Å². The SMILES string of the molecule is COc1cc(C#N)ccc1NC1CCCN(C(C)C)CC1. The number of likely N-dealkylation sites (tertiary alicyclic amines) is 1. The van der Waals surface area contributed by atoms with Crippen molar-refractivity contribution < 1.29 is 4.74 Å². The molecule has 0 aromatic heterocycles. The molecule has 1 saturated heterocycles. The molecular weight excluding hydrogens is 262 g/mol. The second kappa shape index (κ2) is 7.33. The lowest BCUT2D eigenvalue weighted by Crippen LogP contribution is -2.32. The van der Waals surface area contributed by atoms with Gasteiger partial charge in [-0.3, -0.25) is 0 Å². The highest BCUT2D eigenvalue weighted by atomic mass is 16.5. The molecule has 1 unspecified atom stereocenters. The van der Waals surface area contributed by atoms with Crippen LogP contribution >= 0.6 is 0 Å². The Morgan fingerprint density at radius 3 is 2.81 bits per heavy atom. The fourth-order valence-corrected chi connectivity index (χ4v) is 2.88. The smallest absolute Gasteiger partial charge is 0.143 e. The van der Waals surface area contributed by atoms with Gasteiger partial charge in [0.05, 0.1) is 24.4 Å². The quantitative estimate of drug-likeness (QED) is 0.923. The topological polar surface area (TPSA) is 48.3 Å². The molecule has 0 aliphatic carbocycles. The number of ether oxygens (including phenoxy) is 1. The zero-order chi connectivity index (χ0) is 15.2. The van der Waals surface area contributed by atoms with Crippen LogP contribution in [-0.4, -0.2) is 37.2 Å². The van der Waals surface area contributed by atoms with Crippen LogP contribution in [0.1, 0.15) is 38.7 Å². The van der Waals surface area contributed by atoms with Gasteiger partial charge < -0.3 is 15.0 Å². The maximum Gasteiger partial charge on any atom is 0.143 e. The van der Waals surface area contributed by atoms with Crippen molar-refractivity contribution in [3.8, 4) is 11.8 Å². The average molecular weight is 287 g/mol. The summed E-state index contributed by atoms with van der Waals surface area (Å²) >= 11 is 0. The van der Waals surface area contributed by atoms with Crippen molar-refractivity contribution in [2.24, 2.45) is 0 Å². The van der Waals surface area contributed by atoms with Crippen molar-refractivity contribution in [2.75, 3.05) is 25.5 Å². The van der Waals surface area contributed by atoms with Gasteiger partial charge in [-0.1, -0.05) is 0 Å². The van der Waals surface area contributed by atoms with Crippen LogP contribution in [0.3, 0.4) is 0 Å². The van der Waals surface area contributed by atoms with Gasteiger partial charge in [-0.25, -0.2) is 0 Å². The predicted molar refractivity (Wildman–Crippen MR) is 85.7 cm³/mol. The van der Waals surface area contributed by atoms with Gasteiger partial charge in [0.1, 0.15) is 5.75 Å². The average Bonchev–Trinajstić information content (AvgIpc) is 2.73. The minimum atomic E-state index is 0.468. The molecule has 4 heteroatoms. The zero-order valence-corrected chi connectivity index (χ0v) is 13.2. The summed E-state index contributed by atoms with van der Waals surface area (Å²) in [6, 6.07) is 8.81. The van der Waals surface area contributed by atoms with Crippen molar-refractivity contribution in [3.05, 3.63) is 23.8 Å². The number of hydrogen-bond donors (Lipinski definition) is 1. The highest BCUT2D eigenvalue weighted by Gasteiger charge is 2.19. The van der Waals surface area contributed by atoms with E-state index in [4.69, 9.17) is 10.00 Å². The standard InChI is InChI=1S/C17H25N3O/c1-13(2)20-9-4-5-15(8-10-20)19-16-7-6-14(12-18)11-17(16)21-3/h6-7,11,13,15,19H,4-5,8-10H2,1-3H3. The van der Waals surface area contributed by atoms with E-state index in [-0.39, 0.29) is 0 Å². The molecule has 0 saturated carbocycles. The molecule has 1 aromatic rings. The fraction of sp³-hybridized carbons (Fsp3) is 0.588. The van der Waals surface area contributed by atoms with Crippen molar-refractivity contribution in [2.45, 2.75) is 45.2 Å². The summed E-state index contributed by atoms with van der Waals surface area (Å²) in [6.07, 6.45) is 3.53. The first-order valence-electron chi connectivity index (χ1n) is 7.72. The lowest BCUT2D eigenvalue weighted by molar-refractivity contribution is 0.230. The summed E-state index contributed by atoms with van der Waals surface area (Å²) in [5, 5.41) is 12.5. The molecule has 1 aromatic carbocycles. The number of nitrogens with one attached hydrogen (secondary N) is 1. The molecule has 1 aliphatic rings. The molecule has 0 radical (unpaired) electrons. The molecule has 1 aliphatic heterocycles. The molecule has 0 spiro atoms. The van der Waals surface area contributed by atoms with E-state index in [1.54, 1.807) is 13.2 Å². The number of nitrogens with zero attached hydrogens (tertiary/aromatic N) is 2. The Morgan fingerprint density at radius 1 is 1.33 bits per heavy atom. The molecule has 1 atom stereocenters. The normalized spacial score (nSPS) is 19.9. The van der Waals surface area contributed by atoms with E-state index < -0.39 is 0 Å². The first-order valence-corrected chi connectivity index (χ1v) is 7.72. The monoisotopic (exact) mass is 287 g/mol. The summed E-state index contributed by atoms with van der Waals surface area (Å²) in [4.78, 5) is 2.54. The Morgan fingerprint density at radius 2 is 2.14 bits per heavy atom. The van der Waals surface area contributed by atoms with Crippen molar-refractivity contribution >= 4 is 5.69 Å². The minimum Gasteiger partial charge on any atom is -0.495 e. The Hall–Kier alpha value is -1.73. The second-order valence-corrected chi connectivity index (χ2v) is 5.93. The van der Waals surface area contributed by atoms with Gasteiger partial charge in [-0.2, -0.15) is 5.26 Å². The highest BCUT2D eigenvalue weighted by molar-refractivity contribution is 5.59. The number of hydrogen-bond acceptors (Lipinski definition) is 4. The third-order valence-electron chi connectivity index (χ3n) is 4.18. The maximum absolute atomic E-state index is 8.96. The molecule has 1 N–H and O–H groups in total. The lowest BCUT2D eigenvalue weighted by Gasteiger charge is -2.24. The summed E-state index contributed by atoms with van der Waals surface area (Å²) in [5.74, 6) is 0.749. The Balaban J connectivity index is 2.03. The van der Waals surface area contributed by atoms with Crippen molar-refractivity contribution in [1.82, 2.24) is 4.90 Å². The minimum absolute atomic E-state index is 0.468. The predicted octanol–water partition coefficient (Wildman–Crippen LogP) is 3.24. The van der Waals surface area contributed by atoms with Gasteiger partial charge in [0, 0.05) is 24.7 Å². The van der Waals surface area contributed by atoms with Gasteiger partial charge >= 0.3 is 0 Å². The van der Waals surface area contributed by atoms with E-state index in [1.165, 1.54) is 19.4 Å². The van der Waals surface area contributed by atoms with Gasteiger partial charge in [0.25, 0.3) is 0 Å². The van der Waals surface area contributed by atoms with E-state index in [9.17, 15) is 0 Å². The van der Waals surface area contributed by atoms with Crippen LogP contribution in [0.2, 0.25) is 0 Å². The first kappa shape index (κ1) is 15.7. The molecule has 4 nitrogen and oxygen atoms in total. The largest absolute Gasteiger partial charge is 0.495 e. The number of anilines is 1. The number of methoxy groups -OCH3 is 1. The molecule has 114 valence electrons. The Labute approximate surface area is 127 Å². The number of benzene rings is 1.